The van der Waals surface area contributed by atoms with E-state index < -0.39 is 0 Å². The third-order valence-corrected chi connectivity index (χ3v) is 3.73. The number of hydrogen-bond acceptors (Lipinski definition) is 5. The van der Waals surface area contributed by atoms with Crippen LogP contribution in [0.3, 0.4) is 0 Å². The smallest absolute Gasteiger partial charge is 0.262 e. The summed E-state index contributed by atoms with van der Waals surface area (Å²) in [5, 5.41) is 6.07. The van der Waals surface area contributed by atoms with Gasteiger partial charge in [0.15, 0.2) is 18.1 Å². The van der Waals surface area contributed by atoms with Gasteiger partial charge in [-0.15, -0.1) is 0 Å². The van der Waals surface area contributed by atoms with Crippen molar-refractivity contribution in [3.8, 4) is 11.5 Å². The number of carbonyl (C=O) groups is 1. The molecule has 0 aromatic heterocycles. The summed E-state index contributed by atoms with van der Waals surface area (Å²) >= 11 is 0. The molecule has 0 aliphatic carbocycles. The highest BCUT2D eigenvalue weighted by molar-refractivity contribution is 5.91. The van der Waals surface area contributed by atoms with Crippen molar-refractivity contribution in [2.24, 2.45) is 0 Å². The van der Waals surface area contributed by atoms with Crippen LogP contribution >= 0.6 is 0 Å². The molecule has 26 heavy (non-hydrogen) atoms. The lowest BCUT2D eigenvalue weighted by Crippen LogP contribution is -2.20. The lowest BCUT2D eigenvalue weighted by atomic mass is 10.2. The van der Waals surface area contributed by atoms with E-state index in [4.69, 9.17) is 14.2 Å². The molecule has 2 N–H and O–H groups in total. The van der Waals surface area contributed by atoms with Crippen molar-refractivity contribution < 1.29 is 19.0 Å². The van der Waals surface area contributed by atoms with E-state index in [1.807, 2.05) is 49.4 Å². The van der Waals surface area contributed by atoms with Crippen LogP contribution in [0.2, 0.25) is 0 Å². The number of hydrogen-bond donors (Lipinski definition) is 2. The Hall–Kier alpha value is -2.57. The number of carbonyl (C=O) groups excluding carboxylic acids is 1. The molecule has 0 fully saturated rings. The number of amides is 1. The van der Waals surface area contributed by atoms with E-state index in [-0.39, 0.29) is 12.5 Å². The molecule has 0 atom stereocenters. The fourth-order valence-corrected chi connectivity index (χ4v) is 2.33. The van der Waals surface area contributed by atoms with Gasteiger partial charge in [-0.1, -0.05) is 23.8 Å². The first-order chi connectivity index (χ1) is 12.6. The molecule has 0 heterocycles. The standard InChI is InChI=1S/C20H26N2O4/c1-15-4-7-17(8-5-15)22-20(23)14-26-18-9-6-16(12-19(18)25-3)13-21-10-11-24-2/h4-9,12,21H,10-11,13-14H2,1-3H3,(H,22,23). The van der Waals surface area contributed by atoms with E-state index >= 15 is 0 Å². The van der Waals surface area contributed by atoms with Gasteiger partial charge in [-0.25, -0.2) is 0 Å². The van der Waals surface area contributed by atoms with Crippen LogP contribution in [0.1, 0.15) is 11.1 Å². The maximum Gasteiger partial charge on any atom is 0.262 e. The first-order valence-electron chi connectivity index (χ1n) is 8.48. The first-order valence-corrected chi connectivity index (χ1v) is 8.48. The molecule has 0 radical (unpaired) electrons. The second-order valence-corrected chi connectivity index (χ2v) is 5.86. The highest BCUT2D eigenvalue weighted by atomic mass is 16.5. The SMILES string of the molecule is COCCNCc1ccc(OCC(=O)Nc2ccc(C)cc2)c(OC)c1. The number of aryl methyl sites for hydroxylation is 1. The van der Waals surface area contributed by atoms with E-state index in [1.54, 1.807) is 14.2 Å². The Kier molecular flexibility index (Phi) is 7.92. The number of nitrogens with one attached hydrogen (secondary N) is 2. The molecule has 0 bridgehead atoms. The molecular weight excluding hydrogens is 332 g/mol. The van der Waals surface area contributed by atoms with Crippen molar-refractivity contribution in [1.29, 1.82) is 0 Å². The second kappa shape index (κ2) is 10.4. The molecule has 0 saturated heterocycles. The van der Waals surface area contributed by atoms with Gasteiger partial charge in [0.2, 0.25) is 0 Å². The zero-order chi connectivity index (χ0) is 18.8. The quantitative estimate of drug-likeness (QED) is 0.639. The summed E-state index contributed by atoms with van der Waals surface area (Å²) in [5.41, 5.74) is 2.95. The molecule has 6 nitrogen and oxygen atoms in total. The van der Waals surface area contributed by atoms with E-state index in [1.165, 1.54) is 0 Å². The number of rotatable bonds is 10. The summed E-state index contributed by atoms with van der Waals surface area (Å²) < 4.78 is 16.0. The van der Waals surface area contributed by atoms with Crippen molar-refractivity contribution in [3.05, 3.63) is 53.6 Å². The van der Waals surface area contributed by atoms with Crippen molar-refractivity contribution in [2.75, 3.05) is 39.3 Å². The van der Waals surface area contributed by atoms with Crippen molar-refractivity contribution in [1.82, 2.24) is 5.32 Å². The largest absolute Gasteiger partial charge is 0.493 e. The summed E-state index contributed by atoms with van der Waals surface area (Å²) in [6.07, 6.45) is 0. The lowest BCUT2D eigenvalue weighted by Gasteiger charge is -2.13. The van der Waals surface area contributed by atoms with Crippen LogP contribution in [0.4, 0.5) is 5.69 Å². The third kappa shape index (κ3) is 6.38. The van der Waals surface area contributed by atoms with Crippen LogP contribution in [0, 0.1) is 6.92 Å². The van der Waals surface area contributed by atoms with E-state index in [0.717, 1.165) is 23.4 Å². The zero-order valence-corrected chi connectivity index (χ0v) is 15.5. The molecular formula is C20H26N2O4. The van der Waals surface area contributed by atoms with Crippen LogP contribution in [0.15, 0.2) is 42.5 Å². The molecule has 2 rings (SSSR count). The van der Waals surface area contributed by atoms with Crippen LogP contribution in [0.5, 0.6) is 11.5 Å². The number of anilines is 1. The predicted octanol–water partition coefficient (Wildman–Crippen LogP) is 2.76. The summed E-state index contributed by atoms with van der Waals surface area (Å²) in [4.78, 5) is 12.0. The maximum absolute atomic E-state index is 12.0. The normalized spacial score (nSPS) is 10.4. The van der Waals surface area contributed by atoms with Gasteiger partial charge >= 0.3 is 0 Å². The average molecular weight is 358 g/mol. The summed E-state index contributed by atoms with van der Waals surface area (Å²) in [6.45, 7) is 4.05. The molecule has 0 spiro atoms. The van der Waals surface area contributed by atoms with Gasteiger partial charge in [-0.2, -0.15) is 0 Å². The third-order valence-electron chi connectivity index (χ3n) is 3.73. The number of benzene rings is 2. The van der Waals surface area contributed by atoms with E-state index in [2.05, 4.69) is 10.6 Å². The highest BCUT2D eigenvalue weighted by Gasteiger charge is 2.09. The fraction of sp³-hybridized carbons (Fsp3) is 0.350. The van der Waals surface area contributed by atoms with Crippen molar-refractivity contribution >= 4 is 11.6 Å². The van der Waals surface area contributed by atoms with Crippen LogP contribution < -0.4 is 20.1 Å². The Balaban J connectivity index is 1.87. The van der Waals surface area contributed by atoms with Gasteiger partial charge in [0.05, 0.1) is 13.7 Å². The van der Waals surface area contributed by atoms with Crippen LogP contribution in [0.25, 0.3) is 0 Å². The van der Waals surface area contributed by atoms with E-state index in [0.29, 0.717) is 24.7 Å². The molecule has 0 saturated carbocycles. The van der Waals surface area contributed by atoms with Crippen LogP contribution in [-0.2, 0) is 16.1 Å². The first kappa shape index (κ1) is 19.8. The summed E-state index contributed by atoms with van der Waals surface area (Å²) in [5.74, 6) is 0.910. The minimum absolute atomic E-state index is 0.0876. The fourth-order valence-electron chi connectivity index (χ4n) is 2.33. The van der Waals surface area contributed by atoms with Crippen LogP contribution in [-0.4, -0.2) is 39.9 Å². The molecule has 0 aliphatic heterocycles. The Morgan fingerprint density at radius 1 is 1.04 bits per heavy atom. The van der Waals surface area contributed by atoms with Gasteiger partial charge in [0.1, 0.15) is 0 Å². The Morgan fingerprint density at radius 2 is 1.81 bits per heavy atom. The molecule has 1 amide bonds. The zero-order valence-electron chi connectivity index (χ0n) is 15.5. The van der Waals surface area contributed by atoms with Gasteiger partial charge in [0.25, 0.3) is 5.91 Å². The number of ether oxygens (including phenoxy) is 3. The molecule has 0 unspecified atom stereocenters. The van der Waals surface area contributed by atoms with Gasteiger partial charge in [-0.05, 0) is 36.8 Å². The maximum atomic E-state index is 12.0. The predicted molar refractivity (Wildman–Crippen MR) is 102 cm³/mol. The molecule has 2 aromatic rings. The second-order valence-electron chi connectivity index (χ2n) is 5.86. The van der Waals surface area contributed by atoms with E-state index in [9.17, 15) is 4.79 Å². The molecule has 2 aromatic carbocycles. The highest BCUT2D eigenvalue weighted by Crippen LogP contribution is 2.28. The monoisotopic (exact) mass is 358 g/mol. The van der Waals surface area contributed by atoms with Gasteiger partial charge in [-0.3, -0.25) is 4.79 Å². The van der Waals surface area contributed by atoms with Gasteiger partial charge < -0.3 is 24.8 Å². The summed E-state index contributed by atoms with van der Waals surface area (Å²) in [6, 6.07) is 13.3. The Morgan fingerprint density at radius 3 is 2.50 bits per heavy atom. The van der Waals surface area contributed by atoms with Crippen molar-refractivity contribution in [2.45, 2.75) is 13.5 Å². The Labute approximate surface area is 154 Å². The average Bonchev–Trinajstić information content (AvgIpc) is 2.65. The van der Waals surface area contributed by atoms with Crippen molar-refractivity contribution in [3.63, 3.8) is 0 Å². The minimum atomic E-state index is -0.221. The summed E-state index contributed by atoms with van der Waals surface area (Å²) in [7, 11) is 3.25. The molecule has 140 valence electrons. The lowest BCUT2D eigenvalue weighted by molar-refractivity contribution is -0.118. The van der Waals surface area contributed by atoms with Gasteiger partial charge in [0, 0.05) is 25.9 Å². The molecule has 0 aliphatic rings. The Bertz CT molecular complexity index is 701. The minimum Gasteiger partial charge on any atom is -0.493 e. The topological polar surface area (TPSA) is 68.8 Å². The molecule has 6 heteroatoms. The number of methoxy groups -OCH3 is 2.